The van der Waals surface area contributed by atoms with Gasteiger partial charge in [0.25, 0.3) is 0 Å². The van der Waals surface area contributed by atoms with Crippen LogP contribution in [0.25, 0.3) is 0 Å². The van der Waals surface area contributed by atoms with Gasteiger partial charge in [-0.2, -0.15) is 0 Å². The highest BCUT2D eigenvalue weighted by molar-refractivity contribution is 6.01. The van der Waals surface area contributed by atoms with Crippen LogP contribution in [0.2, 0.25) is 0 Å². The lowest BCUT2D eigenvalue weighted by Crippen LogP contribution is -2.47. The number of nitrogens with two attached hydrogens (primary N) is 1. The quantitative estimate of drug-likeness (QED) is 0.676. The third kappa shape index (κ3) is 3.87. The maximum atomic E-state index is 14.3. The van der Waals surface area contributed by atoms with Crippen molar-refractivity contribution in [1.29, 1.82) is 0 Å². The Balaban J connectivity index is 1.28. The van der Waals surface area contributed by atoms with Crippen molar-refractivity contribution in [2.75, 3.05) is 6.54 Å². The molecule has 192 valence electrons. The molecule has 3 fully saturated rings. The predicted molar refractivity (Wildman–Crippen MR) is 135 cm³/mol. The summed E-state index contributed by atoms with van der Waals surface area (Å²) < 4.78 is 5.64. The first-order valence-electron chi connectivity index (χ1n) is 13.3. The van der Waals surface area contributed by atoms with Gasteiger partial charge in [-0.25, -0.2) is 4.79 Å². The lowest BCUT2D eigenvalue weighted by Gasteiger charge is -2.30. The smallest absolute Gasteiger partial charge is 0.410 e. The molecule has 6 atom stereocenters. The van der Waals surface area contributed by atoms with E-state index in [-0.39, 0.29) is 42.9 Å². The van der Waals surface area contributed by atoms with Crippen LogP contribution in [0.1, 0.15) is 48.8 Å². The summed E-state index contributed by atoms with van der Waals surface area (Å²) in [6, 6.07) is 16.5. The van der Waals surface area contributed by atoms with Crippen LogP contribution in [0, 0.1) is 23.7 Å². The summed E-state index contributed by atoms with van der Waals surface area (Å²) in [5.41, 5.74) is 7.75. The van der Waals surface area contributed by atoms with Crippen LogP contribution >= 0.6 is 0 Å². The van der Waals surface area contributed by atoms with Gasteiger partial charge in [-0.3, -0.25) is 19.3 Å². The number of likely N-dealkylation sites (tertiary alicyclic amines) is 1. The molecule has 1 unspecified atom stereocenters. The van der Waals surface area contributed by atoms with Gasteiger partial charge in [0, 0.05) is 24.8 Å². The molecule has 1 aliphatic heterocycles. The molecule has 2 N–H and O–H groups in total. The monoisotopic (exact) mass is 500 g/mol. The van der Waals surface area contributed by atoms with Crippen molar-refractivity contribution in [3.63, 3.8) is 0 Å². The normalized spacial score (nSPS) is 31.9. The Morgan fingerprint density at radius 2 is 1.70 bits per heavy atom. The standard InChI is InChI=1S/C30H32N2O5/c31-28(35)23-15-30(24-12-5-4-9-19(24)13-25(30)33)14-22(23)27(34)26-21-11-6-10-20(21)16-32(26)29(36)37-17-18-7-2-1-3-8-18/h1-5,7-9,12,20-23,26H,6,10-11,13-17H2,(H2,31,35)/t20-,21-,22?,23+,26-,30+/m0/s1. The van der Waals surface area contributed by atoms with Crippen molar-refractivity contribution in [2.45, 2.75) is 56.6 Å². The summed E-state index contributed by atoms with van der Waals surface area (Å²) in [5, 5.41) is 0. The van der Waals surface area contributed by atoms with Crippen molar-refractivity contribution in [3.05, 3.63) is 71.3 Å². The van der Waals surface area contributed by atoms with Crippen molar-refractivity contribution < 1.29 is 23.9 Å². The molecule has 3 aliphatic carbocycles. The second kappa shape index (κ2) is 9.12. The average molecular weight is 501 g/mol. The van der Waals surface area contributed by atoms with Crippen LogP contribution in [-0.4, -0.2) is 41.1 Å². The summed E-state index contributed by atoms with van der Waals surface area (Å²) in [6.45, 7) is 0.615. The average Bonchev–Trinajstić information content (AvgIpc) is 3.66. The Labute approximate surface area is 216 Å². The zero-order valence-electron chi connectivity index (χ0n) is 20.8. The van der Waals surface area contributed by atoms with Gasteiger partial charge in [-0.05, 0) is 54.2 Å². The number of Topliss-reactive ketones (excluding diaryl/α,β-unsaturated/α-hetero) is 2. The number of benzene rings is 2. The minimum atomic E-state index is -0.858. The molecule has 1 heterocycles. The maximum Gasteiger partial charge on any atom is 0.410 e. The van der Waals surface area contributed by atoms with E-state index in [9.17, 15) is 19.2 Å². The summed E-state index contributed by atoms with van der Waals surface area (Å²) in [7, 11) is 0. The van der Waals surface area contributed by atoms with Gasteiger partial charge in [-0.1, -0.05) is 61.0 Å². The van der Waals surface area contributed by atoms with Gasteiger partial charge in [0.2, 0.25) is 5.91 Å². The van der Waals surface area contributed by atoms with Gasteiger partial charge >= 0.3 is 6.09 Å². The van der Waals surface area contributed by atoms with E-state index in [1.165, 1.54) is 0 Å². The molecule has 4 aliphatic rings. The molecule has 2 aromatic carbocycles. The largest absolute Gasteiger partial charge is 0.445 e. The molecule has 1 spiro atoms. The Bertz CT molecular complexity index is 1260. The topological polar surface area (TPSA) is 107 Å². The number of nitrogens with zero attached hydrogens (tertiary/aromatic N) is 1. The summed E-state index contributed by atoms with van der Waals surface area (Å²) in [4.78, 5) is 55.1. The maximum absolute atomic E-state index is 14.3. The number of ketones is 2. The number of fused-ring (bicyclic) bond motifs is 3. The van der Waals surface area contributed by atoms with E-state index in [1.54, 1.807) is 4.90 Å². The molecule has 0 aromatic heterocycles. The first kappa shape index (κ1) is 23.9. The first-order valence-corrected chi connectivity index (χ1v) is 13.3. The van der Waals surface area contributed by atoms with Crippen LogP contribution in [0.3, 0.4) is 0 Å². The number of ether oxygens (including phenoxy) is 1. The van der Waals surface area contributed by atoms with Crippen LogP contribution in [0.15, 0.2) is 54.6 Å². The third-order valence-corrected chi connectivity index (χ3v) is 9.39. The Hall–Kier alpha value is -3.48. The summed E-state index contributed by atoms with van der Waals surface area (Å²) in [6.07, 6.45) is 3.20. The second-order valence-electron chi connectivity index (χ2n) is 11.3. The van der Waals surface area contributed by atoms with Gasteiger partial charge in [-0.15, -0.1) is 0 Å². The minimum Gasteiger partial charge on any atom is -0.445 e. The van der Waals surface area contributed by atoms with Crippen molar-refractivity contribution in [1.82, 2.24) is 4.90 Å². The molecule has 2 amide bonds. The first-order chi connectivity index (χ1) is 17.9. The molecular formula is C30H32N2O5. The van der Waals surface area contributed by atoms with Crippen LogP contribution in [0.4, 0.5) is 4.79 Å². The Morgan fingerprint density at radius 1 is 0.973 bits per heavy atom. The molecule has 0 bridgehead atoms. The van der Waals surface area contributed by atoms with Crippen LogP contribution < -0.4 is 5.73 Å². The summed E-state index contributed by atoms with van der Waals surface area (Å²) in [5.74, 6) is -1.76. The predicted octanol–water partition coefficient (Wildman–Crippen LogP) is 3.57. The molecule has 37 heavy (non-hydrogen) atoms. The zero-order valence-corrected chi connectivity index (χ0v) is 20.8. The molecule has 2 aromatic rings. The van der Waals surface area contributed by atoms with Crippen LogP contribution in [-0.2, 0) is 37.6 Å². The lowest BCUT2D eigenvalue weighted by molar-refractivity contribution is -0.134. The van der Waals surface area contributed by atoms with E-state index in [1.807, 2.05) is 54.6 Å². The molecule has 0 radical (unpaired) electrons. The van der Waals surface area contributed by atoms with E-state index < -0.39 is 35.3 Å². The highest BCUT2D eigenvalue weighted by Crippen LogP contribution is 2.54. The Kier molecular flexibility index (Phi) is 5.89. The fraction of sp³-hybridized carbons (Fsp3) is 0.467. The number of hydrogen-bond donors (Lipinski definition) is 1. The number of primary amides is 1. The molecule has 2 saturated carbocycles. The van der Waals surface area contributed by atoms with E-state index in [0.29, 0.717) is 13.0 Å². The number of carbonyl (C=O) groups is 4. The molecule has 1 saturated heterocycles. The number of amides is 2. The number of hydrogen-bond acceptors (Lipinski definition) is 5. The van der Waals surface area contributed by atoms with Gasteiger partial charge in [0.15, 0.2) is 5.78 Å². The number of rotatable bonds is 5. The van der Waals surface area contributed by atoms with Crippen LogP contribution in [0.5, 0.6) is 0 Å². The van der Waals surface area contributed by atoms with Gasteiger partial charge in [0.1, 0.15) is 12.4 Å². The van der Waals surface area contributed by atoms with E-state index in [0.717, 1.165) is 36.0 Å². The second-order valence-corrected chi connectivity index (χ2v) is 11.3. The zero-order chi connectivity index (χ0) is 25.7. The molecule has 6 rings (SSSR count). The number of carbonyl (C=O) groups excluding carboxylic acids is 4. The van der Waals surface area contributed by atoms with Crippen molar-refractivity contribution in [2.24, 2.45) is 29.4 Å². The van der Waals surface area contributed by atoms with E-state index >= 15 is 0 Å². The fourth-order valence-electron chi connectivity index (χ4n) is 7.68. The fourth-order valence-corrected chi connectivity index (χ4v) is 7.68. The molecular weight excluding hydrogens is 468 g/mol. The molecule has 7 nitrogen and oxygen atoms in total. The highest BCUT2D eigenvalue weighted by Gasteiger charge is 2.60. The van der Waals surface area contributed by atoms with E-state index in [4.69, 9.17) is 10.5 Å². The third-order valence-electron chi connectivity index (χ3n) is 9.39. The summed E-state index contributed by atoms with van der Waals surface area (Å²) >= 11 is 0. The van der Waals surface area contributed by atoms with Crippen molar-refractivity contribution >= 4 is 23.6 Å². The SMILES string of the molecule is NC(=O)[C@@H]1C[C@@]2(CC1C(=O)[C@@H]1[C@H]3CCC[C@H]3CN1C(=O)OCc1ccccc1)C(=O)Cc1ccccc12. The highest BCUT2D eigenvalue weighted by atomic mass is 16.6. The van der Waals surface area contributed by atoms with E-state index in [2.05, 4.69) is 0 Å². The lowest BCUT2D eigenvalue weighted by atomic mass is 9.77. The minimum absolute atomic E-state index is 0.0495. The van der Waals surface area contributed by atoms with Gasteiger partial charge in [0.05, 0.1) is 11.5 Å². The Morgan fingerprint density at radius 3 is 2.49 bits per heavy atom. The van der Waals surface area contributed by atoms with Gasteiger partial charge < -0.3 is 10.5 Å². The molecule has 7 heteroatoms. The van der Waals surface area contributed by atoms with Crippen molar-refractivity contribution in [3.8, 4) is 0 Å².